The quantitative estimate of drug-likeness (QED) is 0.401. The van der Waals surface area contributed by atoms with Crippen LogP contribution in [0.5, 0.6) is 0 Å². The minimum Gasteiger partial charge on any atom is -0.303 e. The van der Waals surface area contributed by atoms with Crippen molar-refractivity contribution >= 4 is 6.29 Å². The Morgan fingerprint density at radius 2 is 2.30 bits per heavy atom. The summed E-state index contributed by atoms with van der Waals surface area (Å²) in [5, 5.41) is 0. The van der Waals surface area contributed by atoms with Crippen molar-refractivity contribution in [1.29, 1.82) is 0 Å². The van der Waals surface area contributed by atoms with Crippen LogP contribution in [0.1, 0.15) is 26.7 Å². The Morgan fingerprint density at radius 1 is 1.60 bits per heavy atom. The van der Waals surface area contributed by atoms with E-state index < -0.39 is 0 Å². The van der Waals surface area contributed by atoms with Gasteiger partial charge in [0.1, 0.15) is 6.29 Å². The minimum absolute atomic E-state index is 0.188. The molecule has 0 saturated carbocycles. The molecule has 0 saturated heterocycles. The molecule has 0 aromatic heterocycles. The molecule has 0 aliphatic heterocycles. The molecule has 1 nitrogen and oxygen atoms in total. The van der Waals surface area contributed by atoms with Gasteiger partial charge in [-0.05, 0) is 18.3 Å². The van der Waals surface area contributed by atoms with E-state index in [0.717, 1.165) is 19.1 Å². The lowest BCUT2D eigenvalue weighted by Gasteiger charge is -2.25. The Balaban J connectivity index is 2.60. The molecule has 1 aliphatic rings. The monoisotopic (exact) mass is 138 g/mol. The summed E-state index contributed by atoms with van der Waals surface area (Å²) in [5.41, 5.74) is 0.319. The predicted octanol–water partition coefficient (Wildman–Crippen LogP) is 2.18. The van der Waals surface area contributed by atoms with Crippen LogP contribution < -0.4 is 0 Å². The summed E-state index contributed by atoms with van der Waals surface area (Å²) in [6.45, 7) is 4.40. The van der Waals surface area contributed by atoms with Crippen LogP contribution in [0.3, 0.4) is 0 Å². The Kier molecular flexibility index (Phi) is 1.93. The third kappa shape index (κ3) is 1.69. The molecule has 0 radical (unpaired) electrons. The van der Waals surface area contributed by atoms with Crippen LogP contribution in [0.4, 0.5) is 0 Å². The largest absolute Gasteiger partial charge is 0.303 e. The number of rotatable bonds is 1. The van der Waals surface area contributed by atoms with E-state index in [9.17, 15) is 4.79 Å². The van der Waals surface area contributed by atoms with Crippen LogP contribution in [-0.2, 0) is 4.79 Å². The second-order valence-corrected chi connectivity index (χ2v) is 3.69. The lowest BCUT2D eigenvalue weighted by molar-refractivity contribution is -0.110. The molecule has 10 heavy (non-hydrogen) atoms. The maximum atomic E-state index is 10.3. The fraction of sp³-hybridized carbons (Fsp3) is 0.667. The Hall–Kier alpha value is -0.590. The maximum Gasteiger partial charge on any atom is 0.126 e. The van der Waals surface area contributed by atoms with Gasteiger partial charge >= 0.3 is 0 Å². The van der Waals surface area contributed by atoms with Gasteiger partial charge in [-0.25, -0.2) is 0 Å². The van der Waals surface area contributed by atoms with Gasteiger partial charge in [-0.2, -0.15) is 0 Å². The van der Waals surface area contributed by atoms with E-state index >= 15 is 0 Å². The average Bonchev–Trinajstić information content (AvgIpc) is 1.88. The van der Waals surface area contributed by atoms with Crippen molar-refractivity contribution in [3.05, 3.63) is 12.2 Å². The first kappa shape index (κ1) is 7.52. The lowest BCUT2D eigenvalue weighted by atomic mass is 9.79. The molecule has 0 amide bonds. The number of carbonyl (C=O) groups excluding carboxylic acids is 1. The summed E-state index contributed by atoms with van der Waals surface area (Å²) < 4.78 is 0. The van der Waals surface area contributed by atoms with Gasteiger partial charge in [0.25, 0.3) is 0 Å². The van der Waals surface area contributed by atoms with Crippen LogP contribution in [-0.4, -0.2) is 6.29 Å². The standard InChI is InChI=1S/C9H14O/c1-9(2)5-3-8(7-10)4-6-9/h3,5,7-8H,4,6H2,1-2H3. The highest BCUT2D eigenvalue weighted by molar-refractivity contribution is 5.56. The smallest absolute Gasteiger partial charge is 0.126 e. The first-order valence-electron chi connectivity index (χ1n) is 3.79. The second kappa shape index (κ2) is 2.57. The van der Waals surface area contributed by atoms with E-state index in [-0.39, 0.29) is 5.92 Å². The molecule has 0 bridgehead atoms. The number of hydrogen-bond donors (Lipinski definition) is 0. The predicted molar refractivity (Wildman–Crippen MR) is 41.7 cm³/mol. The Morgan fingerprint density at radius 3 is 2.70 bits per heavy atom. The Bertz CT molecular complexity index is 156. The van der Waals surface area contributed by atoms with Crippen molar-refractivity contribution in [2.24, 2.45) is 11.3 Å². The van der Waals surface area contributed by atoms with E-state index in [0.29, 0.717) is 5.41 Å². The molecule has 0 fully saturated rings. The van der Waals surface area contributed by atoms with Crippen molar-refractivity contribution in [1.82, 2.24) is 0 Å². The van der Waals surface area contributed by atoms with Crippen molar-refractivity contribution in [2.45, 2.75) is 26.7 Å². The van der Waals surface area contributed by atoms with Gasteiger partial charge in [-0.3, -0.25) is 0 Å². The highest BCUT2D eigenvalue weighted by Crippen LogP contribution is 2.31. The zero-order valence-corrected chi connectivity index (χ0v) is 6.63. The van der Waals surface area contributed by atoms with Crippen LogP contribution in [0, 0.1) is 11.3 Å². The maximum absolute atomic E-state index is 10.3. The van der Waals surface area contributed by atoms with Crippen LogP contribution in [0.2, 0.25) is 0 Å². The molecule has 0 heterocycles. The number of hydrogen-bond acceptors (Lipinski definition) is 1. The molecule has 0 spiro atoms. The second-order valence-electron chi connectivity index (χ2n) is 3.69. The highest BCUT2D eigenvalue weighted by Gasteiger charge is 2.20. The number of allylic oxidation sites excluding steroid dienone is 2. The normalized spacial score (nSPS) is 30.0. The van der Waals surface area contributed by atoms with Crippen molar-refractivity contribution in [2.75, 3.05) is 0 Å². The van der Waals surface area contributed by atoms with Gasteiger partial charge in [-0.15, -0.1) is 0 Å². The van der Waals surface area contributed by atoms with Gasteiger partial charge < -0.3 is 4.79 Å². The summed E-state index contributed by atoms with van der Waals surface area (Å²) in [7, 11) is 0. The summed E-state index contributed by atoms with van der Waals surface area (Å²) >= 11 is 0. The SMILES string of the molecule is CC1(C)C=CC(C=O)CC1. The van der Waals surface area contributed by atoms with Crippen molar-refractivity contribution in [3.63, 3.8) is 0 Å². The molecule has 1 rings (SSSR count). The van der Waals surface area contributed by atoms with Gasteiger partial charge in [0.05, 0.1) is 0 Å². The van der Waals surface area contributed by atoms with E-state index in [1.807, 2.05) is 6.08 Å². The minimum atomic E-state index is 0.188. The average molecular weight is 138 g/mol. The zero-order chi connectivity index (χ0) is 7.61. The van der Waals surface area contributed by atoms with Crippen LogP contribution in [0.25, 0.3) is 0 Å². The molecule has 1 atom stereocenters. The highest BCUT2D eigenvalue weighted by atomic mass is 16.1. The summed E-state index contributed by atoms with van der Waals surface area (Å²) in [4.78, 5) is 10.3. The van der Waals surface area contributed by atoms with E-state index in [2.05, 4.69) is 19.9 Å². The van der Waals surface area contributed by atoms with E-state index in [1.54, 1.807) is 0 Å². The van der Waals surface area contributed by atoms with Crippen molar-refractivity contribution < 1.29 is 4.79 Å². The molecule has 1 unspecified atom stereocenters. The van der Waals surface area contributed by atoms with Gasteiger partial charge in [0, 0.05) is 5.92 Å². The third-order valence-corrected chi connectivity index (χ3v) is 2.09. The van der Waals surface area contributed by atoms with Crippen LogP contribution in [0.15, 0.2) is 12.2 Å². The van der Waals surface area contributed by atoms with Crippen molar-refractivity contribution in [3.8, 4) is 0 Å². The fourth-order valence-corrected chi connectivity index (χ4v) is 1.22. The van der Waals surface area contributed by atoms with Gasteiger partial charge in [0.15, 0.2) is 0 Å². The first-order valence-corrected chi connectivity index (χ1v) is 3.79. The number of carbonyl (C=O) groups is 1. The lowest BCUT2D eigenvalue weighted by Crippen LogP contribution is -2.15. The molecule has 0 N–H and O–H groups in total. The summed E-state index contributed by atoms with van der Waals surface area (Å²) in [6.07, 6.45) is 7.36. The third-order valence-electron chi connectivity index (χ3n) is 2.09. The summed E-state index contributed by atoms with van der Waals surface area (Å²) in [5.74, 6) is 0.188. The topological polar surface area (TPSA) is 17.1 Å². The van der Waals surface area contributed by atoms with E-state index in [1.165, 1.54) is 0 Å². The molecular weight excluding hydrogens is 124 g/mol. The molecule has 1 heteroatoms. The molecule has 56 valence electrons. The molecule has 1 aliphatic carbocycles. The van der Waals surface area contributed by atoms with Crippen LogP contribution >= 0.6 is 0 Å². The Labute approximate surface area is 62.1 Å². The first-order chi connectivity index (χ1) is 4.64. The van der Waals surface area contributed by atoms with E-state index in [4.69, 9.17) is 0 Å². The zero-order valence-electron chi connectivity index (χ0n) is 6.63. The molecular formula is C9H14O. The molecule has 0 aromatic carbocycles. The van der Waals surface area contributed by atoms with Gasteiger partial charge in [0.2, 0.25) is 0 Å². The summed E-state index contributed by atoms with van der Waals surface area (Å²) in [6, 6.07) is 0. The van der Waals surface area contributed by atoms with Gasteiger partial charge in [-0.1, -0.05) is 26.0 Å². The fourth-order valence-electron chi connectivity index (χ4n) is 1.22. The number of aldehydes is 1. The molecule has 0 aromatic rings.